The lowest BCUT2D eigenvalue weighted by molar-refractivity contribution is -0.120. The van der Waals surface area contributed by atoms with E-state index in [4.69, 9.17) is 36.1 Å². The molecule has 45 heavy (non-hydrogen) atoms. The molecular weight excluding hydrogens is 600 g/mol. The molecule has 1 aliphatic heterocycles. The largest absolute Gasteiger partial charge is 0.490 e. The third-order valence-corrected chi connectivity index (χ3v) is 7.40. The number of nitrogens with two attached hydrogens (primary N) is 3. The number of carbonyl (C=O) groups excluding carboxylic acids is 2. The molecule has 0 spiro atoms. The molecule has 6 N–H and O–H groups in total. The molecule has 13 nitrogen and oxygen atoms in total. The average molecular weight is 633 g/mol. The summed E-state index contributed by atoms with van der Waals surface area (Å²) in [4.78, 5) is 36.0. The van der Waals surface area contributed by atoms with Crippen molar-refractivity contribution in [1.82, 2.24) is 4.57 Å². The molecule has 2 amide bonds. The second kappa shape index (κ2) is 14.6. The van der Waals surface area contributed by atoms with Crippen molar-refractivity contribution >= 4 is 40.6 Å². The van der Waals surface area contributed by atoms with E-state index in [0.29, 0.717) is 29.2 Å². The quantitative estimate of drug-likeness (QED) is 0.257. The van der Waals surface area contributed by atoms with Gasteiger partial charge < -0.3 is 36.1 Å². The Morgan fingerprint density at radius 2 is 1.44 bits per heavy atom. The number of fused-ring (bicyclic) bond motifs is 1. The van der Waals surface area contributed by atoms with Crippen molar-refractivity contribution in [2.45, 2.75) is 27.2 Å². The number of nitriles is 2. The first-order valence-corrected chi connectivity index (χ1v) is 14.1. The van der Waals surface area contributed by atoms with Crippen LogP contribution in [0.2, 0.25) is 0 Å². The molecule has 234 valence electrons. The molecular formula is C31H32N6O7S. The Kier molecular flexibility index (Phi) is 11.0. The number of allylic oxidation sites excluding steroid dienone is 1. The molecule has 0 fully saturated rings. The number of carbonyl (C=O) groups is 2. The van der Waals surface area contributed by atoms with Crippen molar-refractivity contribution < 1.29 is 28.5 Å². The normalized spacial score (nSPS) is 14.0. The van der Waals surface area contributed by atoms with Gasteiger partial charge >= 0.3 is 0 Å². The van der Waals surface area contributed by atoms with Crippen LogP contribution in [0, 0.1) is 22.7 Å². The van der Waals surface area contributed by atoms with Gasteiger partial charge in [-0.25, -0.2) is 0 Å². The Bertz CT molecular complexity index is 1930. The Morgan fingerprint density at radius 1 is 0.889 bits per heavy atom. The van der Waals surface area contributed by atoms with Crippen LogP contribution in [0.5, 0.6) is 23.0 Å². The summed E-state index contributed by atoms with van der Waals surface area (Å²) in [6, 6.07) is 13.9. The SMILES string of the molecule is C.CCOc1cc(/C=c2\sc3n(c2=O)C(N)=C(C#N)C(c2ccc(OCC(N)=O)c(OCC)c2)C=3C#N)ccc1OCC(N)=O. The maximum absolute atomic E-state index is 13.6. The maximum Gasteiger partial charge on any atom is 0.274 e. The minimum Gasteiger partial charge on any atom is -0.490 e. The van der Waals surface area contributed by atoms with E-state index in [0.717, 1.165) is 15.9 Å². The molecule has 1 atom stereocenters. The van der Waals surface area contributed by atoms with Crippen LogP contribution in [0.3, 0.4) is 0 Å². The number of nitrogens with zero attached hydrogens (tertiary/aromatic N) is 3. The molecule has 4 rings (SSSR count). The van der Waals surface area contributed by atoms with Gasteiger partial charge in [-0.3, -0.25) is 19.0 Å². The van der Waals surface area contributed by atoms with Crippen LogP contribution < -0.4 is 50.9 Å². The van der Waals surface area contributed by atoms with Crippen molar-refractivity contribution in [3.63, 3.8) is 0 Å². The first kappa shape index (κ1) is 33.8. The predicted molar refractivity (Wildman–Crippen MR) is 168 cm³/mol. The lowest BCUT2D eigenvalue weighted by atomic mass is 9.84. The molecule has 0 aliphatic carbocycles. The number of aromatic nitrogens is 1. The van der Waals surface area contributed by atoms with E-state index >= 15 is 0 Å². The van der Waals surface area contributed by atoms with Crippen LogP contribution >= 0.6 is 11.3 Å². The molecule has 2 aromatic carbocycles. The molecule has 1 aromatic heterocycles. The Morgan fingerprint density at radius 3 is 1.98 bits per heavy atom. The van der Waals surface area contributed by atoms with Gasteiger partial charge in [0.1, 0.15) is 10.5 Å². The summed E-state index contributed by atoms with van der Waals surface area (Å²) in [5.74, 6) is -1.17. The number of hydrogen-bond acceptors (Lipinski definition) is 11. The fourth-order valence-corrected chi connectivity index (χ4v) is 5.66. The maximum atomic E-state index is 13.6. The van der Waals surface area contributed by atoms with Gasteiger partial charge in [-0.05, 0) is 55.3 Å². The zero-order valence-electron chi connectivity index (χ0n) is 23.8. The van der Waals surface area contributed by atoms with E-state index in [1.54, 1.807) is 56.3 Å². The molecule has 1 aliphatic rings. The molecule has 3 aromatic rings. The van der Waals surface area contributed by atoms with E-state index in [-0.39, 0.29) is 64.9 Å². The third-order valence-electron chi connectivity index (χ3n) is 6.30. The van der Waals surface area contributed by atoms with Gasteiger partial charge in [0.2, 0.25) is 0 Å². The van der Waals surface area contributed by atoms with Crippen LogP contribution in [0.15, 0.2) is 46.8 Å². The number of hydrogen-bond donors (Lipinski definition) is 3. The minimum atomic E-state index is -0.911. The number of thiazole rings is 1. The lowest BCUT2D eigenvalue weighted by Crippen LogP contribution is -2.38. The van der Waals surface area contributed by atoms with Crippen LogP contribution in [0.4, 0.5) is 0 Å². The van der Waals surface area contributed by atoms with Crippen molar-refractivity contribution in [1.29, 1.82) is 10.5 Å². The topological polar surface area (TPSA) is 219 Å². The molecule has 2 heterocycles. The smallest absolute Gasteiger partial charge is 0.274 e. The number of amides is 2. The van der Waals surface area contributed by atoms with Gasteiger partial charge in [0.15, 0.2) is 36.2 Å². The number of rotatable bonds is 12. The first-order chi connectivity index (χ1) is 21.1. The molecule has 0 saturated heterocycles. The van der Waals surface area contributed by atoms with Gasteiger partial charge in [0.05, 0.1) is 46.9 Å². The van der Waals surface area contributed by atoms with Crippen molar-refractivity contribution in [3.8, 4) is 35.1 Å². The van der Waals surface area contributed by atoms with E-state index in [9.17, 15) is 24.9 Å². The van der Waals surface area contributed by atoms with E-state index in [1.165, 1.54) is 0 Å². The van der Waals surface area contributed by atoms with Crippen LogP contribution in [-0.2, 0) is 9.59 Å². The highest BCUT2D eigenvalue weighted by Crippen LogP contribution is 2.39. The summed E-state index contributed by atoms with van der Waals surface area (Å²) in [6.07, 6.45) is 1.60. The lowest BCUT2D eigenvalue weighted by Gasteiger charge is -2.23. The Hall–Kier alpha value is -5.73. The average Bonchev–Trinajstić information content (AvgIpc) is 3.31. The highest BCUT2D eigenvalue weighted by Gasteiger charge is 2.33. The monoisotopic (exact) mass is 632 g/mol. The summed E-state index contributed by atoms with van der Waals surface area (Å²) in [5.41, 5.74) is 17.5. The van der Waals surface area contributed by atoms with Gasteiger partial charge in [-0.15, -0.1) is 11.3 Å². The second-order valence-electron chi connectivity index (χ2n) is 9.21. The molecule has 0 bridgehead atoms. The van der Waals surface area contributed by atoms with Crippen LogP contribution in [0.25, 0.3) is 17.5 Å². The summed E-state index contributed by atoms with van der Waals surface area (Å²) < 4.78 is 23.9. The summed E-state index contributed by atoms with van der Waals surface area (Å²) >= 11 is 1.04. The Balaban J connectivity index is 0.00000552. The van der Waals surface area contributed by atoms with Crippen LogP contribution in [-0.4, -0.2) is 42.8 Å². The summed E-state index contributed by atoms with van der Waals surface area (Å²) in [5, 5.41) is 20.4. The Labute approximate surface area is 262 Å². The first-order valence-electron chi connectivity index (χ1n) is 13.3. The van der Waals surface area contributed by atoms with E-state index in [2.05, 4.69) is 12.1 Å². The van der Waals surface area contributed by atoms with Gasteiger partial charge in [0, 0.05) is 0 Å². The van der Waals surface area contributed by atoms with E-state index in [1.807, 2.05) is 0 Å². The molecule has 14 heteroatoms. The number of primary amides is 2. The third kappa shape index (κ3) is 7.09. The summed E-state index contributed by atoms with van der Waals surface area (Å²) in [7, 11) is 0. The van der Waals surface area contributed by atoms with Gasteiger partial charge in [-0.2, -0.15) is 10.5 Å². The fourth-order valence-electron chi connectivity index (χ4n) is 4.53. The number of benzene rings is 2. The van der Waals surface area contributed by atoms with Gasteiger partial charge in [-0.1, -0.05) is 19.6 Å². The standard InChI is InChI=1S/C30H28N6O7S.CH4/c1-3-40-22-9-16(5-7-20(22)42-14-25(33)37)10-24-29(39)36-28(35)18(12-31)27(19(13-32)30(36)44-24)17-6-8-21(43-15-26(34)38)23(11-17)41-4-2;/h5-11,27H,3-4,14-15,35H2,1-2H3,(H2,33,37)(H2,34,38);1H4/b24-10-;. The minimum absolute atomic E-state index is 0. The van der Waals surface area contributed by atoms with E-state index < -0.39 is 23.3 Å². The highest BCUT2D eigenvalue weighted by atomic mass is 32.1. The predicted octanol–water partition coefficient (Wildman–Crippen LogP) is 1.02. The van der Waals surface area contributed by atoms with Crippen molar-refractivity contribution in [2.24, 2.45) is 17.2 Å². The molecule has 0 radical (unpaired) electrons. The zero-order chi connectivity index (χ0) is 32.0. The second-order valence-corrected chi connectivity index (χ2v) is 10.2. The highest BCUT2D eigenvalue weighted by molar-refractivity contribution is 7.07. The fraction of sp³-hybridized carbons (Fsp3) is 0.258. The van der Waals surface area contributed by atoms with Gasteiger partial charge in [0.25, 0.3) is 17.4 Å². The van der Waals surface area contributed by atoms with Crippen molar-refractivity contribution in [3.05, 3.63) is 72.6 Å². The van der Waals surface area contributed by atoms with Crippen LogP contribution in [0.1, 0.15) is 38.3 Å². The summed E-state index contributed by atoms with van der Waals surface area (Å²) in [6.45, 7) is 3.42. The molecule has 1 unspecified atom stereocenters. The van der Waals surface area contributed by atoms with Crippen molar-refractivity contribution in [2.75, 3.05) is 26.4 Å². The molecule has 0 saturated carbocycles. The number of ether oxygens (including phenoxy) is 4. The zero-order valence-corrected chi connectivity index (χ0v) is 24.6.